The van der Waals surface area contributed by atoms with E-state index in [0.29, 0.717) is 11.4 Å². The van der Waals surface area contributed by atoms with Gasteiger partial charge in [-0.1, -0.05) is 170 Å². The van der Waals surface area contributed by atoms with Crippen LogP contribution in [0.25, 0.3) is 72.7 Å². The number of phenols is 1. The minimum atomic E-state index is -0.339. The van der Waals surface area contributed by atoms with Crippen molar-refractivity contribution >= 4 is 11.0 Å². The van der Waals surface area contributed by atoms with Gasteiger partial charge in [-0.15, -0.1) is 0 Å². The Morgan fingerprint density at radius 1 is 0.516 bits per heavy atom. The summed E-state index contributed by atoms with van der Waals surface area (Å²) in [4.78, 5) is 10.7. The summed E-state index contributed by atoms with van der Waals surface area (Å²) in [5.74, 6) is 0.855. The average Bonchev–Trinajstić information content (AvgIpc) is 3.79. The Kier molecular flexibility index (Phi) is 9.19. The van der Waals surface area contributed by atoms with Crippen LogP contribution >= 0.6 is 0 Å². The standard InChI is InChI=1S/C58H51N3O/c1-56(2,3)41-29-30-49(46(36-41)37-19-10-8-11-20-37)61-50-27-18-25-43(54(50)60-55(61)45-24-15-17-28-51(45)62)38-33-39(35-42(34-38)57(4,5)40-21-12-9-13-22-40)53-52-44-23-14-16-26-47(44)58(6,7)48(52)31-32-59-53/h8-36,62H,1-7H3. The summed E-state index contributed by atoms with van der Waals surface area (Å²) in [5.41, 5.74) is 17.9. The number of nitrogens with zero attached hydrogens (tertiary/aromatic N) is 3. The number of imidazole rings is 1. The fourth-order valence-corrected chi connectivity index (χ4v) is 9.63. The van der Waals surface area contributed by atoms with Crippen molar-refractivity contribution in [3.63, 3.8) is 0 Å². The Balaban J connectivity index is 1.27. The van der Waals surface area contributed by atoms with Gasteiger partial charge in [0, 0.05) is 39.3 Å². The second-order valence-electron chi connectivity index (χ2n) is 18.9. The van der Waals surface area contributed by atoms with Gasteiger partial charge in [-0.3, -0.25) is 9.55 Å². The summed E-state index contributed by atoms with van der Waals surface area (Å²) in [7, 11) is 0. The Morgan fingerprint density at radius 2 is 1.18 bits per heavy atom. The topological polar surface area (TPSA) is 50.9 Å². The molecule has 1 aliphatic carbocycles. The number of hydrogen-bond donors (Lipinski definition) is 1. The number of phenolic OH excluding ortho intramolecular Hbond substituents is 1. The zero-order valence-electron chi connectivity index (χ0n) is 36.5. The molecule has 2 heterocycles. The number of pyridine rings is 1. The SMILES string of the molecule is CC(C)(C)c1ccc(-n2c(-c3ccccc3O)nc3c(-c4cc(-c5nccc6c5-c5ccccc5C6(C)C)cc(C(C)(C)c5ccccc5)c4)cccc32)c(-c2ccccc2)c1. The second kappa shape index (κ2) is 14.6. The van der Waals surface area contributed by atoms with Crippen LogP contribution in [-0.4, -0.2) is 19.6 Å². The van der Waals surface area contributed by atoms with Gasteiger partial charge in [-0.25, -0.2) is 4.98 Å². The Morgan fingerprint density at radius 3 is 1.92 bits per heavy atom. The van der Waals surface area contributed by atoms with E-state index < -0.39 is 0 Å². The quantitative estimate of drug-likeness (QED) is 0.175. The normalized spacial score (nSPS) is 13.3. The molecule has 2 aromatic heterocycles. The Hall–Kier alpha value is -7.04. The van der Waals surface area contributed by atoms with Crippen LogP contribution in [0.3, 0.4) is 0 Å². The molecule has 62 heavy (non-hydrogen) atoms. The molecule has 1 aliphatic rings. The van der Waals surface area contributed by atoms with Gasteiger partial charge >= 0.3 is 0 Å². The highest BCUT2D eigenvalue weighted by atomic mass is 16.3. The lowest BCUT2D eigenvalue weighted by Crippen LogP contribution is -2.19. The Bertz CT molecular complexity index is 3170. The maximum Gasteiger partial charge on any atom is 0.149 e. The maximum atomic E-state index is 11.5. The van der Waals surface area contributed by atoms with Gasteiger partial charge in [0.1, 0.15) is 11.6 Å². The lowest BCUT2D eigenvalue weighted by atomic mass is 9.76. The molecule has 0 aliphatic heterocycles. The van der Waals surface area contributed by atoms with Crippen molar-refractivity contribution in [1.29, 1.82) is 0 Å². The van der Waals surface area contributed by atoms with E-state index in [-0.39, 0.29) is 22.0 Å². The third-order valence-corrected chi connectivity index (χ3v) is 13.2. The molecule has 0 amide bonds. The molecule has 304 valence electrons. The van der Waals surface area contributed by atoms with Crippen LogP contribution in [-0.2, 0) is 16.2 Å². The van der Waals surface area contributed by atoms with E-state index in [9.17, 15) is 5.11 Å². The van der Waals surface area contributed by atoms with Gasteiger partial charge in [0.25, 0.3) is 0 Å². The van der Waals surface area contributed by atoms with Crippen LogP contribution in [0.5, 0.6) is 5.75 Å². The molecule has 0 saturated carbocycles. The van der Waals surface area contributed by atoms with Crippen molar-refractivity contribution in [2.24, 2.45) is 0 Å². The summed E-state index contributed by atoms with van der Waals surface area (Å²) in [6, 6.07) is 60.1. The van der Waals surface area contributed by atoms with E-state index >= 15 is 0 Å². The zero-order valence-corrected chi connectivity index (χ0v) is 36.5. The summed E-state index contributed by atoms with van der Waals surface area (Å²) in [6.45, 7) is 16.0. The Labute approximate surface area is 365 Å². The predicted octanol–water partition coefficient (Wildman–Crippen LogP) is 14.7. The van der Waals surface area contributed by atoms with Gasteiger partial charge in [0.15, 0.2) is 0 Å². The highest BCUT2D eigenvalue weighted by molar-refractivity contribution is 5.99. The van der Waals surface area contributed by atoms with E-state index in [0.717, 1.165) is 50.2 Å². The predicted molar refractivity (Wildman–Crippen MR) is 257 cm³/mol. The molecule has 0 fully saturated rings. The minimum absolute atomic E-state index is 0.0609. The highest BCUT2D eigenvalue weighted by Crippen LogP contribution is 2.52. The van der Waals surface area contributed by atoms with Crippen molar-refractivity contribution in [3.05, 3.63) is 204 Å². The molecule has 7 aromatic carbocycles. The number of aromatic nitrogens is 3. The molecule has 1 N–H and O–H groups in total. The number of hydrogen-bond acceptors (Lipinski definition) is 3. The van der Waals surface area contributed by atoms with Crippen molar-refractivity contribution in [1.82, 2.24) is 14.5 Å². The largest absolute Gasteiger partial charge is 0.507 e. The lowest BCUT2D eigenvalue weighted by molar-refractivity contribution is 0.477. The van der Waals surface area contributed by atoms with E-state index in [1.165, 1.54) is 38.9 Å². The van der Waals surface area contributed by atoms with Crippen LogP contribution in [0.2, 0.25) is 0 Å². The van der Waals surface area contributed by atoms with E-state index in [4.69, 9.17) is 9.97 Å². The number of fused-ring (bicyclic) bond motifs is 4. The molecule has 0 radical (unpaired) electrons. The minimum Gasteiger partial charge on any atom is -0.507 e. The molecule has 10 rings (SSSR count). The smallest absolute Gasteiger partial charge is 0.149 e. The molecule has 4 nitrogen and oxygen atoms in total. The first-order chi connectivity index (χ1) is 29.8. The lowest BCUT2D eigenvalue weighted by Gasteiger charge is -2.28. The van der Waals surface area contributed by atoms with Gasteiger partial charge < -0.3 is 5.11 Å². The number of para-hydroxylation sites is 2. The van der Waals surface area contributed by atoms with Crippen molar-refractivity contribution < 1.29 is 5.11 Å². The van der Waals surface area contributed by atoms with Gasteiger partial charge in [-0.05, 0) is 98.5 Å². The van der Waals surface area contributed by atoms with Crippen LogP contribution in [0, 0.1) is 0 Å². The fraction of sp³-hybridized carbons (Fsp3) is 0.172. The number of aromatic hydroxyl groups is 1. The number of rotatable bonds is 7. The molecule has 4 heteroatoms. The second-order valence-corrected chi connectivity index (χ2v) is 18.9. The van der Waals surface area contributed by atoms with Gasteiger partial charge in [0.2, 0.25) is 0 Å². The summed E-state index contributed by atoms with van der Waals surface area (Å²) in [5, 5.41) is 11.5. The summed E-state index contributed by atoms with van der Waals surface area (Å²) in [6.07, 6.45) is 1.98. The fourth-order valence-electron chi connectivity index (χ4n) is 9.63. The van der Waals surface area contributed by atoms with Crippen molar-refractivity contribution in [2.45, 2.75) is 64.7 Å². The summed E-state index contributed by atoms with van der Waals surface area (Å²) < 4.78 is 2.24. The number of benzene rings is 7. The molecule has 0 unspecified atom stereocenters. The molecular formula is C58H51N3O. The van der Waals surface area contributed by atoms with E-state index in [1.807, 2.05) is 24.4 Å². The third kappa shape index (κ3) is 6.36. The first kappa shape index (κ1) is 39.1. The zero-order chi connectivity index (χ0) is 43.0. The van der Waals surface area contributed by atoms with Gasteiger partial charge in [-0.2, -0.15) is 0 Å². The van der Waals surface area contributed by atoms with E-state index in [1.54, 1.807) is 6.07 Å². The molecule has 0 atom stereocenters. The van der Waals surface area contributed by atoms with Crippen LogP contribution in [0.1, 0.15) is 76.3 Å². The molecule has 0 spiro atoms. The van der Waals surface area contributed by atoms with Crippen molar-refractivity contribution in [3.8, 4) is 67.5 Å². The van der Waals surface area contributed by atoms with Crippen molar-refractivity contribution in [2.75, 3.05) is 0 Å². The molecule has 0 saturated heterocycles. The maximum absolute atomic E-state index is 11.5. The van der Waals surface area contributed by atoms with Crippen LogP contribution in [0.4, 0.5) is 0 Å². The van der Waals surface area contributed by atoms with Gasteiger partial charge in [0.05, 0.1) is 28.0 Å². The third-order valence-electron chi connectivity index (χ3n) is 13.2. The first-order valence-corrected chi connectivity index (χ1v) is 21.6. The molecule has 0 bridgehead atoms. The molecular weight excluding hydrogens is 755 g/mol. The van der Waals surface area contributed by atoms with Crippen LogP contribution < -0.4 is 0 Å². The molecule has 9 aromatic rings. The van der Waals surface area contributed by atoms with Crippen LogP contribution in [0.15, 0.2) is 176 Å². The summed E-state index contributed by atoms with van der Waals surface area (Å²) >= 11 is 0. The highest BCUT2D eigenvalue weighted by Gasteiger charge is 2.37. The average molecular weight is 806 g/mol. The van der Waals surface area contributed by atoms with E-state index in [2.05, 4.69) is 199 Å². The monoisotopic (exact) mass is 805 g/mol. The first-order valence-electron chi connectivity index (χ1n) is 21.6.